The average molecular weight is 637 g/mol. The summed E-state index contributed by atoms with van der Waals surface area (Å²) >= 11 is 0. The van der Waals surface area contributed by atoms with E-state index in [-0.39, 0.29) is 31.8 Å². The fraction of sp³-hybridized carbons (Fsp3) is 0.964. The molecule has 3 rings (SSSR count). The van der Waals surface area contributed by atoms with E-state index < -0.39 is 85.3 Å². The smallest absolute Gasteiger partial charge is 0.222 e. The third-order valence-electron chi connectivity index (χ3n) is 8.86. The van der Waals surface area contributed by atoms with Crippen LogP contribution in [0.5, 0.6) is 0 Å². The van der Waals surface area contributed by atoms with Crippen LogP contribution in [-0.4, -0.2) is 141 Å². The summed E-state index contributed by atoms with van der Waals surface area (Å²) in [4.78, 5) is 14.6. The molecule has 0 aromatic heterocycles. The van der Waals surface area contributed by atoms with E-state index in [2.05, 4.69) is 6.92 Å². The highest BCUT2D eigenvalue weighted by atomic mass is 16.7. The van der Waals surface area contributed by atoms with Crippen molar-refractivity contribution in [3.05, 3.63) is 0 Å². The van der Waals surface area contributed by atoms with Crippen molar-refractivity contribution >= 4 is 5.91 Å². The van der Waals surface area contributed by atoms with Gasteiger partial charge < -0.3 is 78.0 Å². The lowest BCUT2D eigenvalue weighted by molar-refractivity contribution is -0.317. The van der Waals surface area contributed by atoms with Crippen molar-refractivity contribution in [3.8, 4) is 0 Å². The van der Waals surface area contributed by atoms with E-state index >= 15 is 0 Å². The highest BCUT2D eigenvalue weighted by Crippen LogP contribution is 2.33. The molecule has 1 amide bonds. The Morgan fingerprint density at radius 2 is 1.55 bits per heavy atom. The maximum Gasteiger partial charge on any atom is 0.222 e. The van der Waals surface area contributed by atoms with Gasteiger partial charge in [0.05, 0.1) is 6.04 Å². The predicted octanol–water partition coefficient (Wildman–Crippen LogP) is -3.76. The lowest BCUT2D eigenvalue weighted by Gasteiger charge is -2.49. The van der Waals surface area contributed by atoms with Crippen LogP contribution in [0.25, 0.3) is 0 Å². The fourth-order valence-corrected chi connectivity index (χ4v) is 6.06. The molecule has 0 spiro atoms. The van der Waals surface area contributed by atoms with Crippen molar-refractivity contribution < 1.29 is 49.3 Å². The van der Waals surface area contributed by atoms with Crippen molar-refractivity contribution in [1.29, 1.82) is 0 Å². The Hall–Kier alpha value is -1.09. The minimum absolute atomic E-state index is 0.0191. The van der Waals surface area contributed by atoms with E-state index in [9.17, 15) is 30.3 Å². The van der Waals surface area contributed by atoms with Crippen LogP contribution in [0.2, 0.25) is 0 Å². The van der Waals surface area contributed by atoms with Gasteiger partial charge in [-0.15, -0.1) is 0 Å². The third-order valence-corrected chi connectivity index (χ3v) is 8.86. The standard InChI is InChI=1S/C28H56N6O10/c1-3-5-7-8-18(35)34(9-6-4-2)13-17-26(39)28(33,40)11-19(41-17)43-24-14(30)10-15(31)25(23(24)38)44-27-20(32)22(37)21(36)16(12-29)42-27/h14-17,19-27,36-40H,3-13,29-33H2,1-2H3/t14-,15+,16-,17-,19-,20-,21-,22-,23-,24+,25-,26-,27-,28-/m1/s1. The molecular weight excluding hydrogens is 580 g/mol. The van der Waals surface area contributed by atoms with Crippen LogP contribution in [-0.2, 0) is 23.7 Å². The van der Waals surface area contributed by atoms with E-state index in [0.29, 0.717) is 13.0 Å². The molecule has 258 valence electrons. The number of nitrogens with two attached hydrogens (primary N) is 5. The lowest BCUT2D eigenvalue weighted by Crippen LogP contribution is -2.69. The summed E-state index contributed by atoms with van der Waals surface area (Å²) in [7, 11) is 0. The normalized spacial score (nSPS) is 43.1. The molecule has 16 heteroatoms. The Bertz CT molecular complexity index is 890. The predicted molar refractivity (Wildman–Crippen MR) is 158 cm³/mol. The third kappa shape index (κ3) is 9.04. The minimum atomic E-state index is -2.12. The lowest BCUT2D eigenvalue weighted by atomic mass is 9.84. The summed E-state index contributed by atoms with van der Waals surface area (Å²) < 4.78 is 23.7. The number of unbranched alkanes of at least 4 members (excludes halogenated alkanes) is 3. The van der Waals surface area contributed by atoms with Gasteiger partial charge in [-0.1, -0.05) is 33.1 Å². The zero-order valence-corrected chi connectivity index (χ0v) is 25.9. The van der Waals surface area contributed by atoms with Gasteiger partial charge in [0.15, 0.2) is 12.6 Å². The number of carbonyl (C=O) groups is 1. The SMILES string of the molecule is CCCCCC(=O)N(CCCC)C[C@H]1O[C@H](O[C@@H]2[C@@H](O)[C@H](O[C@H]3O[C@H](CN)[C@@H](O)[C@H](O)[C@H]3N)[C@@H](N)C[C@H]2N)C[C@@](N)(O)[C@@H]1O. The van der Waals surface area contributed by atoms with Gasteiger partial charge in [-0.2, -0.15) is 0 Å². The molecule has 16 nitrogen and oxygen atoms in total. The van der Waals surface area contributed by atoms with Crippen LogP contribution in [0.1, 0.15) is 65.2 Å². The van der Waals surface area contributed by atoms with Gasteiger partial charge in [0, 0.05) is 44.6 Å². The fourth-order valence-electron chi connectivity index (χ4n) is 6.06. The number of carbonyl (C=O) groups excluding carboxylic acids is 1. The maximum absolute atomic E-state index is 13.0. The molecule has 2 aliphatic heterocycles. The minimum Gasteiger partial charge on any atom is -0.388 e. The van der Waals surface area contributed by atoms with Crippen molar-refractivity contribution in [2.24, 2.45) is 28.7 Å². The van der Waals surface area contributed by atoms with E-state index in [1.54, 1.807) is 4.90 Å². The van der Waals surface area contributed by atoms with Gasteiger partial charge in [-0.3, -0.25) is 4.79 Å². The van der Waals surface area contributed by atoms with Crippen LogP contribution < -0.4 is 28.7 Å². The zero-order chi connectivity index (χ0) is 32.8. The van der Waals surface area contributed by atoms with Crippen molar-refractivity contribution in [1.82, 2.24) is 4.90 Å². The summed E-state index contributed by atoms with van der Waals surface area (Å²) in [5.41, 5.74) is 28.3. The second kappa shape index (κ2) is 16.6. The Labute approximate surface area is 259 Å². The number of hydrogen-bond acceptors (Lipinski definition) is 15. The molecule has 0 aromatic rings. The molecule has 1 saturated carbocycles. The first-order chi connectivity index (χ1) is 20.7. The van der Waals surface area contributed by atoms with Crippen LogP contribution in [0.3, 0.4) is 0 Å². The molecule has 2 heterocycles. The number of aliphatic hydroxyl groups excluding tert-OH is 4. The molecule has 3 fully saturated rings. The number of nitrogens with zero attached hydrogens (tertiary/aromatic N) is 1. The van der Waals surface area contributed by atoms with E-state index in [0.717, 1.165) is 32.1 Å². The summed E-state index contributed by atoms with van der Waals surface area (Å²) in [5.74, 6) is -0.0809. The summed E-state index contributed by atoms with van der Waals surface area (Å²) in [6.45, 7) is 4.37. The highest BCUT2D eigenvalue weighted by molar-refractivity contribution is 5.76. The molecule has 0 unspecified atom stereocenters. The molecule has 0 radical (unpaired) electrons. The Kier molecular flexibility index (Phi) is 14.1. The Morgan fingerprint density at radius 3 is 2.16 bits per heavy atom. The second-order valence-electron chi connectivity index (χ2n) is 12.5. The van der Waals surface area contributed by atoms with Gasteiger partial charge in [0.25, 0.3) is 0 Å². The summed E-state index contributed by atoms with van der Waals surface area (Å²) in [5, 5.41) is 53.7. The van der Waals surface area contributed by atoms with Crippen LogP contribution >= 0.6 is 0 Å². The molecule has 3 aliphatic rings. The number of ether oxygens (including phenoxy) is 4. The van der Waals surface area contributed by atoms with Crippen molar-refractivity contribution in [3.63, 3.8) is 0 Å². The quantitative estimate of drug-likeness (QED) is 0.0647. The number of amides is 1. The van der Waals surface area contributed by atoms with E-state index in [4.69, 9.17) is 47.6 Å². The van der Waals surface area contributed by atoms with E-state index in [1.165, 1.54) is 0 Å². The second-order valence-corrected chi connectivity index (χ2v) is 12.5. The summed E-state index contributed by atoms with van der Waals surface area (Å²) in [6.07, 6.45) is -8.07. The van der Waals surface area contributed by atoms with Gasteiger partial charge in [0.2, 0.25) is 5.91 Å². The van der Waals surface area contributed by atoms with Gasteiger partial charge in [0.1, 0.15) is 54.6 Å². The first-order valence-corrected chi connectivity index (χ1v) is 15.9. The monoisotopic (exact) mass is 636 g/mol. The van der Waals surface area contributed by atoms with Crippen molar-refractivity contribution in [2.45, 2.75) is 150 Å². The van der Waals surface area contributed by atoms with Crippen LogP contribution in [0.4, 0.5) is 0 Å². The number of rotatable bonds is 14. The molecule has 2 saturated heterocycles. The average Bonchev–Trinajstić information content (AvgIpc) is 2.97. The zero-order valence-electron chi connectivity index (χ0n) is 25.9. The van der Waals surface area contributed by atoms with Gasteiger partial charge in [-0.05, 0) is 19.3 Å². The Morgan fingerprint density at radius 1 is 0.909 bits per heavy atom. The molecule has 14 atom stereocenters. The topological polar surface area (TPSA) is 288 Å². The number of hydrogen-bond donors (Lipinski definition) is 10. The van der Waals surface area contributed by atoms with E-state index in [1.807, 2.05) is 6.92 Å². The molecular formula is C28H56N6O10. The molecule has 44 heavy (non-hydrogen) atoms. The first-order valence-electron chi connectivity index (χ1n) is 15.9. The van der Waals surface area contributed by atoms with Gasteiger partial charge >= 0.3 is 0 Å². The maximum atomic E-state index is 13.0. The Balaban J connectivity index is 1.72. The van der Waals surface area contributed by atoms with Gasteiger partial charge in [-0.25, -0.2) is 0 Å². The molecule has 1 aliphatic carbocycles. The van der Waals surface area contributed by atoms with Crippen molar-refractivity contribution in [2.75, 3.05) is 19.6 Å². The van der Waals surface area contributed by atoms with Crippen LogP contribution in [0.15, 0.2) is 0 Å². The van der Waals surface area contributed by atoms with Crippen LogP contribution in [0, 0.1) is 0 Å². The largest absolute Gasteiger partial charge is 0.388 e. The first kappa shape index (κ1) is 37.4. The number of aliphatic hydroxyl groups is 5. The highest BCUT2D eigenvalue weighted by Gasteiger charge is 2.52. The summed E-state index contributed by atoms with van der Waals surface area (Å²) in [6, 6.07) is -2.74. The molecule has 0 aromatic carbocycles. The molecule has 15 N–H and O–H groups in total. The molecule has 0 bridgehead atoms.